The maximum absolute atomic E-state index is 12.2. The van der Waals surface area contributed by atoms with E-state index in [0.717, 1.165) is 43.0 Å². The molecule has 0 unspecified atom stereocenters. The third-order valence-electron chi connectivity index (χ3n) is 4.99. The zero-order valence-electron chi connectivity index (χ0n) is 16.2. The first-order chi connectivity index (χ1) is 14.0. The molecule has 0 bridgehead atoms. The van der Waals surface area contributed by atoms with Gasteiger partial charge in [0, 0.05) is 37.7 Å². The number of hydrogen-bond donors (Lipinski definition) is 1. The molecule has 154 valence electrons. The molecule has 2 fully saturated rings. The van der Waals surface area contributed by atoms with E-state index in [9.17, 15) is 4.79 Å². The number of amides is 1. The zero-order chi connectivity index (χ0) is 20.3. The molecule has 1 aromatic heterocycles. The van der Waals surface area contributed by atoms with Crippen molar-refractivity contribution >= 4 is 40.8 Å². The molecule has 1 spiro atoms. The lowest BCUT2D eigenvalue weighted by Crippen LogP contribution is -2.45. The summed E-state index contributed by atoms with van der Waals surface area (Å²) in [6.45, 7) is 4.86. The number of halogens is 1. The molecule has 29 heavy (non-hydrogen) atoms. The van der Waals surface area contributed by atoms with Crippen molar-refractivity contribution < 1.29 is 14.3 Å². The molecule has 9 heteroatoms. The van der Waals surface area contributed by atoms with E-state index in [1.54, 1.807) is 6.07 Å². The normalized spacial score (nSPS) is 18.2. The summed E-state index contributed by atoms with van der Waals surface area (Å²) in [7, 11) is 0. The summed E-state index contributed by atoms with van der Waals surface area (Å²) in [4.78, 5) is 23.2. The van der Waals surface area contributed by atoms with E-state index >= 15 is 0 Å². The second-order valence-electron chi connectivity index (χ2n) is 7.13. The molecule has 2 aliphatic rings. The van der Waals surface area contributed by atoms with Crippen LogP contribution >= 0.6 is 23.4 Å². The number of benzene rings is 1. The summed E-state index contributed by atoms with van der Waals surface area (Å²) < 4.78 is 11.6. The van der Waals surface area contributed by atoms with Crippen LogP contribution in [0.2, 0.25) is 5.15 Å². The average Bonchev–Trinajstić information content (AvgIpc) is 3.16. The zero-order valence-corrected chi connectivity index (χ0v) is 17.8. The van der Waals surface area contributed by atoms with Gasteiger partial charge in [-0.2, -0.15) is 0 Å². The number of ether oxygens (including phenoxy) is 2. The number of nitrogens with zero attached hydrogens (tertiary/aromatic N) is 3. The number of hydrogen-bond acceptors (Lipinski definition) is 7. The van der Waals surface area contributed by atoms with Gasteiger partial charge in [-0.25, -0.2) is 9.97 Å². The first kappa shape index (κ1) is 20.4. The summed E-state index contributed by atoms with van der Waals surface area (Å²) in [6, 6.07) is 9.44. The van der Waals surface area contributed by atoms with Crippen molar-refractivity contribution in [2.45, 2.75) is 30.7 Å². The van der Waals surface area contributed by atoms with Gasteiger partial charge in [-0.05, 0) is 19.1 Å². The van der Waals surface area contributed by atoms with E-state index in [1.807, 2.05) is 31.2 Å². The van der Waals surface area contributed by atoms with Gasteiger partial charge < -0.3 is 19.7 Å². The molecular formula is C20H23ClN4O3S. The van der Waals surface area contributed by atoms with Crippen molar-refractivity contribution in [3.05, 3.63) is 41.0 Å². The highest BCUT2D eigenvalue weighted by atomic mass is 35.5. The topological polar surface area (TPSA) is 76.6 Å². The number of nitrogens with one attached hydrogen (secondary N) is 1. The van der Waals surface area contributed by atoms with Crippen LogP contribution in [-0.2, 0) is 14.3 Å². The molecule has 2 saturated heterocycles. The van der Waals surface area contributed by atoms with Crippen molar-refractivity contribution in [3.8, 4) is 0 Å². The van der Waals surface area contributed by atoms with Crippen LogP contribution in [0.3, 0.4) is 0 Å². The van der Waals surface area contributed by atoms with E-state index < -0.39 is 5.79 Å². The number of anilines is 2. The standard InChI is InChI=1S/C20H23ClN4O3S/c1-14-2-4-15(5-3-14)22-18(26)13-29-19-23-16(21)12-17(24-19)25-8-6-20(7-9-25)27-10-11-28-20/h2-5,12H,6-11,13H2,1H3,(H,22,26). The van der Waals surface area contributed by atoms with Gasteiger partial charge in [0.2, 0.25) is 5.91 Å². The summed E-state index contributed by atoms with van der Waals surface area (Å²) in [6.07, 6.45) is 1.58. The smallest absolute Gasteiger partial charge is 0.234 e. The molecule has 3 heterocycles. The van der Waals surface area contributed by atoms with E-state index in [1.165, 1.54) is 11.8 Å². The maximum Gasteiger partial charge on any atom is 0.234 e. The molecule has 7 nitrogen and oxygen atoms in total. The Kier molecular flexibility index (Phi) is 6.24. The summed E-state index contributed by atoms with van der Waals surface area (Å²) in [5, 5.41) is 3.73. The number of aromatic nitrogens is 2. The summed E-state index contributed by atoms with van der Waals surface area (Å²) >= 11 is 7.48. The van der Waals surface area contributed by atoms with Crippen LogP contribution in [0, 0.1) is 6.92 Å². The number of thioether (sulfide) groups is 1. The predicted octanol–water partition coefficient (Wildman–Crippen LogP) is 3.51. The molecule has 1 amide bonds. The molecule has 0 radical (unpaired) electrons. The Hall–Kier alpha value is -1.87. The fraction of sp³-hybridized carbons (Fsp3) is 0.450. The minimum atomic E-state index is -0.432. The Morgan fingerprint density at radius 2 is 1.90 bits per heavy atom. The van der Waals surface area contributed by atoms with Gasteiger partial charge in [-0.3, -0.25) is 4.79 Å². The Morgan fingerprint density at radius 1 is 1.21 bits per heavy atom. The van der Waals surface area contributed by atoms with Crippen molar-refractivity contribution in [1.82, 2.24) is 9.97 Å². The highest BCUT2D eigenvalue weighted by Crippen LogP contribution is 2.33. The number of piperidine rings is 1. The summed E-state index contributed by atoms with van der Waals surface area (Å²) in [5.41, 5.74) is 1.92. The van der Waals surface area contributed by atoms with Crippen LogP contribution in [0.25, 0.3) is 0 Å². The number of rotatable bonds is 5. The highest BCUT2D eigenvalue weighted by molar-refractivity contribution is 7.99. The molecule has 0 aliphatic carbocycles. The van der Waals surface area contributed by atoms with Crippen LogP contribution in [0.15, 0.2) is 35.5 Å². The molecule has 1 aromatic carbocycles. The second kappa shape index (κ2) is 8.87. The predicted molar refractivity (Wildman–Crippen MR) is 114 cm³/mol. The van der Waals surface area contributed by atoms with Gasteiger partial charge in [-0.15, -0.1) is 0 Å². The quantitative estimate of drug-likeness (QED) is 0.438. The number of aryl methyl sites for hydroxylation is 1. The second-order valence-corrected chi connectivity index (χ2v) is 8.46. The average molecular weight is 435 g/mol. The van der Waals surface area contributed by atoms with Crippen molar-refractivity contribution in [3.63, 3.8) is 0 Å². The van der Waals surface area contributed by atoms with E-state index in [0.29, 0.717) is 23.5 Å². The van der Waals surface area contributed by atoms with Gasteiger partial charge in [-0.1, -0.05) is 41.1 Å². The van der Waals surface area contributed by atoms with Crippen LogP contribution in [-0.4, -0.2) is 53.7 Å². The lowest BCUT2D eigenvalue weighted by molar-refractivity contribution is -0.169. The largest absolute Gasteiger partial charge is 0.356 e. The molecule has 0 saturated carbocycles. The Balaban J connectivity index is 1.34. The van der Waals surface area contributed by atoms with E-state index in [4.69, 9.17) is 21.1 Å². The Labute approximate surface area is 179 Å². The van der Waals surface area contributed by atoms with Gasteiger partial charge in [0.1, 0.15) is 11.0 Å². The van der Waals surface area contributed by atoms with Crippen molar-refractivity contribution in [1.29, 1.82) is 0 Å². The fourth-order valence-corrected chi connectivity index (χ4v) is 4.32. The Morgan fingerprint density at radius 3 is 2.59 bits per heavy atom. The maximum atomic E-state index is 12.2. The Bertz CT molecular complexity index is 865. The van der Waals surface area contributed by atoms with Crippen molar-refractivity contribution in [2.75, 3.05) is 42.3 Å². The fourth-order valence-electron chi connectivity index (χ4n) is 3.44. The lowest BCUT2D eigenvalue weighted by Gasteiger charge is -2.38. The van der Waals surface area contributed by atoms with Crippen LogP contribution in [0.5, 0.6) is 0 Å². The highest BCUT2D eigenvalue weighted by Gasteiger charge is 2.40. The molecule has 1 N–H and O–H groups in total. The van der Waals surface area contributed by atoms with E-state index in [-0.39, 0.29) is 11.7 Å². The van der Waals surface area contributed by atoms with Crippen molar-refractivity contribution in [2.24, 2.45) is 0 Å². The van der Waals surface area contributed by atoms with E-state index in [2.05, 4.69) is 20.2 Å². The third-order valence-corrected chi connectivity index (χ3v) is 6.03. The van der Waals surface area contributed by atoms with Crippen LogP contribution in [0.1, 0.15) is 18.4 Å². The summed E-state index contributed by atoms with van der Waals surface area (Å²) in [5.74, 6) is 0.427. The van der Waals surface area contributed by atoms with Gasteiger partial charge >= 0.3 is 0 Å². The van der Waals surface area contributed by atoms with Gasteiger partial charge in [0.05, 0.1) is 19.0 Å². The molecular weight excluding hydrogens is 412 g/mol. The molecule has 4 rings (SSSR count). The minimum Gasteiger partial charge on any atom is -0.356 e. The monoisotopic (exact) mass is 434 g/mol. The van der Waals surface area contributed by atoms with Crippen LogP contribution < -0.4 is 10.2 Å². The van der Waals surface area contributed by atoms with Gasteiger partial charge in [0.15, 0.2) is 10.9 Å². The first-order valence-corrected chi connectivity index (χ1v) is 10.9. The number of carbonyl (C=O) groups excluding carboxylic acids is 1. The van der Waals surface area contributed by atoms with Gasteiger partial charge in [0.25, 0.3) is 0 Å². The first-order valence-electron chi connectivity index (χ1n) is 9.58. The molecule has 2 aromatic rings. The third kappa shape index (κ3) is 5.19. The molecule has 2 aliphatic heterocycles. The number of carbonyl (C=O) groups is 1. The molecule has 0 atom stereocenters. The van der Waals surface area contributed by atoms with Crippen LogP contribution in [0.4, 0.5) is 11.5 Å². The lowest BCUT2D eigenvalue weighted by atomic mass is 10.0. The SMILES string of the molecule is Cc1ccc(NC(=O)CSc2nc(Cl)cc(N3CCC4(CC3)OCCO4)n2)cc1. The minimum absolute atomic E-state index is 0.112.